The van der Waals surface area contributed by atoms with E-state index in [1.165, 1.54) is 38.5 Å². The van der Waals surface area contributed by atoms with Gasteiger partial charge in [0.05, 0.1) is 6.10 Å². The minimum absolute atomic E-state index is 0.157. The summed E-state index contributed by atoms with van der Waals surface area (Å²) in [4.78, 5) is 0. The highest BCUT2D eigenvalue weighted by Crippen LogP contribution is 2.67. The first-order valence-corrected chi connectivity index (χ1v) is 10.2. The molecule has 4 aliphatic carbocycles. The molecule has 0 radical (unpaired) electrons. The smallest absolute Gasteiger partial charge is 0.100 e. The molecule has 4 fully saturated rings. The van der Waals surface area contributed by atoms with Crippen LogP contribution in [0.5, 0.6) is 0 Å². The van der Waals surface area contributed by atoms with Crippen LogP contribution in [0.15, 0.2) is 0 Å². The molecule has 132 valence electrons. The predicted octanol–water partition coefficient (Wildman–Crippen LogP) is 5.36. The third kappa shape index (κ3) is 2.26. The van der Waals surface area contributed by atoms with Gasteiger partial charge in [0.2, 0.25) is 0 Å². The number of fused-ring (bicyclic) bond motifs is 5. The molecule has 0 aromatic rings. The van der Waals surface area contributed by atoms with Crippen molar-refractivity contribution in [1.82, 2.24) is 0 Å². The fraction of sp³-hybridized carbons (Fsp3) is 1.00. The van der Waals surface area contributed by atoms with Crippen molar-refractivity contribution >= 4 is 0 Å². The number of alkyl halides is 1. The number of hydrogen-bond donors (Lipinski definition) is 1. The van der Waals surface area contributed by atoms with Crippen LogP contribution in [0, 0.1) is 40.4 Å². The summed E-state index contributed by atoms with van der Waals surface area (Å²) in [6.45, 7) is 6.99. The van der Waals surface area contributed by atoms with Crippen LogP contribution >= 0.6 is 0 Å². The van der Waals surface area contributed by atoms with Crippen molar-refractivity contribution < 1.29 is 9.50 Å². The molecule has 1 N–H and O–H groups in total. The maximum Gasteiger partial charge on any atom is 0.100 e. The van der Waals surface area contributed by atoms with Gasteiger partial charge in [-0.05, 0) is 105 Å². The normalized spacial score (nSPS) is 57.3. The zero-order chi connectivity index (χ0) is 16.4. The fourth-order valence-electron chi connectivity index (χ4n) is 8.04. The van der Waals surface area contributed by atoms with Gasteiger partial charge in [0, 0.05) is 0 Å². The van der Waals surface area contributed by atoms with Gasteiger partial charge >= 0.3 is 0 Å². The predicted molar refractivity (Wildman–Crippen MR) is 91.8 cm³/mol. The molecule has 23 heavy (non-hydrogen) atoms. The lowest BCUT2D eigenvalue weighted by atomic mass is 9.44. The van der Waals surface area contributed by atoms with E-state index in [-0.39, 0.29) is 6.10 Å². The Labute approximate surface area is 141 Å². The van der Waals surface area contributed by atoms with Gasteiger partial charge in [-0.25, -0.2) is 4.39 Å². The molecule has 4 saturated carbocycles. The van der Waals surface area contributed by atoms with Crippen molar-refractivity contribution in [2.24, 2.45) is 40.4 Å². The Kier molecular flexibility index (Phi) is 3.87. The Morgan fingerprint density at radius 2 is 1.61 bits per heavy atom. The Morgan fingerprint density at radius 3 is 2.35 bits per heavy atom. The summed E-state index contributed by atoms with van der Waals surface area (Å²) >= 11 is 0. The van der Waals surface area contributed by atoms with Crippen LogP contribution < -0.4 is 0 Å². The molecule has 1 unspecified atom stereocenters. The van der Waals surface area contributed by atoms with Gasteiger partial charge < -0.3 is 5.11 Å². The summed E-state index contributed by atoms with van der Waals surface area (Å²) in [7, 11) is 0. The van der Waals surface area contributed by atoms with E-state index < -0.39 is 6.17 Å². The SMILES string of the molecule is CC(O)[C@H]1CC[C@H]2[C@@H]3CC[C@H]4C[C@@H](F)CC[C@]4(C)[C@H]3CC[C@]12C. The topological polar surface area (TPSA) is 20.2 Å². The molecule has 0 spiro atoms. The minimum atomic E-state index is -0.537. The number of halogens is 1. The summed E-state index contributed by atoms with van der Waals surface area (Å²) in [5, 5.41) is 10.3. The lowest BCUT2D eigenvalue weighted by Crippen LogP contribution is -2.54. The highest BCUT2D eigenvalue weighted by molar-refractivity contribution is 5.09. The van der Waals surface area contributed by atoms with Crippen LogP contribution in [-0.2, 0) is 0 Å². The van der Waals surface area contributed by atoms with E-state index in [1.54, 1.807) is 0 Å². The van der Waals surface area contributed by atoms with Gasteiger partial charge in [0.15, 0.2) is 0 Å². The maximum atomic E-state index is 13.9. The largest absolute Gasteiger partial charge is 0.393 e. The molecule has 2 heteroatoms. The second kappa shape index (κ2) is 5.44. The van der Waals surface area contributed by atoms with E-state index in [0.717, 1.165) is 37.0 Å². The van der Waals surface area contributed by atoms with E-state index >= 15 is 0 Å². The average Bonchev–Trinajstić information content (AvgIpc) is 2.85. The second-order valence-electron chi connectivity index (χ2n) is 10.00. The average molecular weight is 323 g/mol. The molecule has 0 bridgehead atoms. The van der Waals surface area contributed by atoms with Crippen molar-refractivity contribution in [1.29, 1.82) is 0 Å². The standard InChI is InChI=1S/C21H35FO/c1-13(23)17-6-7-18-16-5-4-14-12-15(22)8-10-20(14,2)19(16)9-11-21(17,18)3/h13-19,23H,4-12H2,1-3H3/t13?,14-,15-,16-,17+,18-,19-,20-,21+/m0/s1. The first-order chi connectivity index (χ1) is 10.9. The number of rotatable bonds is 1. The lowest BCUT2D eigenvalue weighted by molar-refractivity contribution is -0.126. The second-order valence-corrected chi connectivity index (χ2v) is 10.00. The molecule has 0 amide bonds. The van der Waals surface area contributed by atoms with Gasteiger partial charge in [-0.1, -0.05) is 13.8 Å². The Balaban J connectivity index is 1.60. The molecule has 0 saturated heterocycles. The summed E-state index contributed by atoms with van der Waals surface area (Å²) in [5.41, 5.74) is 0.756. The zero-order valence-corrected chi connectivity index (χ0v) is 15.2. The third-order valence-corrected chi connectivity index (χ3v) is 9.26. The van der Waals surface area contributed by atoms with Gasteiger partial charge in [-0.2, -0.15) is 0 Å². The molecule has 0 aromatic carbocycles. The van der Waals surface area contributed by atoms with Crippen LogP contribution in [0.2, 0.25) is 0 Å². The molecule has 0 aromatic heterocycles. The molecular formula is C21H35FO. The maximum absolute atomic E-state index is 13.9. The first kappa shape index (κ1) is 16.4. The van der Waals surface area contributed by atoms with Gasteiger partial charge in [0.1, 0.15) is 6.17 Å². The zero-order valence-electron chi connectivity index (χ0n) is 15.2. The molecule has 9 atom stereocenters. The van der Waals surface area contributed by atoms with Crippen molar-refractivity contribution in [3.8, 4) is 0 Å². The Morgan fingerprint density at radius 1 is 0.913 bits per heavy atom. The number of aliphatic hydroxyl groups is 1. The molecule has 4 aliphatic rings. The molecule has 0 heterocycles. The quantitative estimate of drug-likeness (QED) is 0.688. The van der Waals surface area contributed by atoms with E-state index in [4.69, 9.17) is 0 Å². The lowest BCUT2D eigenvalue weighted by Gasteiger charge is -2.61. The van der Waals surface area contributed by atoms with Crippen LogP contribution in [0.25, 0.3) is 0 Å². The number of aliphatic hydroxyl groups excluding tert-OH is 1. The van der Waals surface area contributed by atoms with Crippen molar-refractivity contribution in [2.75, 3.05) is 0 Å². The summed E-state index contributed by atoms with van der Waals surface area (Å²) < 4.78 is 13.9. The Bertz CT molecular complexity index is 463. The summed E-state index contributed by atoms with van der Waals surface area (Å²) in [6, 6.07) is 0. The van der Waals surface area contributed by atoms with E-state index in [1.807, 2.05) is 6.92 Å². The highest BCUT2D eigenvalue weighted by atomic mass is 19.1. The fourth-order valence-corrected chi connectivity index (χ4v) is 8.04. The van der Waals surface area contributed by atoms with Crippen LogP contribution in [0.4, 0.5) is 4.39 Å². The summed E-state index contributed by atoms with van der Waals surface area (Å²) in [5.74, 6) is 3.60. The van der Waals surface area contributed by atoms with Crippen molar-refractivity contribution in [2.45, 2.75) is 90.8 Å². The van der Waals surface area contributed by atoms with Gasteiger partial charge in [0.25, 0.3) is 0 Å². The minimum Gasteiger partial charge on any atom is -0.393 e. The summed E-state index contributed by atoms with van der Waals surface area (Å²) in [6.07, 6.45) is 9.78. The van der Waals surface area contributed by atoms with E-state index in [2.05, 4.69) is 13.8 Å². The van der Waals surface area contributed by atoms with Gasteiger partial charge in [-0.3, -0.25) is 0 Å². The molecule has 0 aliphatic heterocycles. The Hall–Kier alpha value is -0.110. The van der Waals surface area contributed by atoms with E-state index in [9.17, 15) is 9.50 Å². The first-order valence-electron chi connectivity index (χ1n) is 10.2. The number of hydrogen-bond acceptors (Lipinski definition) is 1. The van der Waals surface area contributed by atoms with E-state index in [0.29, 0.717) is 22.7 Å². The van der Waals surface area contributed by atoms with Crippen LogP contribution in [0.1, 0.15) is 78.6 Å². The van der Waals surface area contributed by atoms with Crippen LogP contribution in [-0.4, -0.2) is 17.4 Å². The van der Waals surface area contributed by atoms with Crippen molar-refractivity contribution in [3.63, 3.8) is 0 Å². The van der Waals surface area contributed by atoms with Gasteiger partial charge in [-0.15, -0.1) is 0 Å². The molecule has 1 nitrogen and oxygen atoms in total. The van der Waals surface area contributed by atoms with Crippen LogP contribution in [0.3, 0.4) is 0 Å². The highest BCUT2D eigenvalue weighted by Gasteiger charge is 2.60. The van der Waals surface area contributed by atoms with Crippen molar-refractivity contribution in [3.05, 3.63) is 0 Å². The molecule has 4 rings (SSSR count). The monoisotopic (exact) mass is 322 g/mol. The third-order valence-electron chi connectivity index (χ3n) is 9.26. The molecular weight excluding hydrogens is 287 g/mol.